The number of hydrogen-bond acceptors (Lipinski definition) is 3. The zero-order valence-corrected chi connectivity index (χ0v) is 10.5. The molecule has 0 fully saturated rings. The van der Waals surface area contributed by atoms with Crippen LogP contribution in [0.1, 0.15) is 10.5 Å². The van der Waals surface area contributed by atoms with Gasteiger partial charge in [-0.05, 0) is 6.07 Å². The summed E-state index contributed by atoms with van der Waals surface area (Å²) in [5.41, 5.74) is -0.237. The molecule has 0 spiro atoms. The van der Waals surface area contributed by atoms with E-state index in [2.05, 4.69) is 0 Å². The van der Waals surface area contributed by atoms with E-state index in [1.165, 1.54) is 7.05 Å². The third kappa shape index (κ3) is 2.85. The van der Waals surface area contributed by atoms with Crippen LogP contribution in [0.3, 0.4) is 0 Å². The Balaban J connectivity index is 3.13. The quantitative estimate of drug-likeness (QED) is 0.858. The van der Waals surface area contributed by atoms with E-state index in [1.807, 2.05) is 0 Å². The van der Waals surface area contributed by atoms with Crippen LogP contribution in [0.5, 0.6) is 0 Å². The Kier molecular flexibility index (Phi) is 4.07. The number of carboxylic acids is 1. The van der Waals surface area contributed by atoms with Crippen LogP contribution in [0.15, 0.2) is 17.2 Å². The number of sulfonamides is 1. The van der Waals surface area contributed by atoms with Crippen LogP contribution in [0.25, 0.3) is 0 Å². The van der Waals surface area contributed by atoms with Crippen molar-refractivity contribution in [3.8, 4) is 0 Å². The van der Waals surface area contributed by atoms with Crippen LogP contribution in [0.4, 0.5) is 8.78 Å². The molecule has 9 heteroatoms. The van der Waals surface area contributed by atoms with Crippen molar-refractivity contribution in [2.75, 3.05) is 13.6 Å². The number of aromatic nitrogens is 1. The second-order valence-corrected chi connectivity index (χ2v) is 5.70. The van der Waals surface area contributed by atoms with Gasteiger partial charge in [-0.2, -0.15) is 4.31 Å². The second-order valence-electron chi connectivity index (χ2n) is 3.65. The molecule has 0 unspecified atom stereocenters. The maximum atomic E-state index is 12.1. The molecular weight excluding hydrogens is 270 g/mol. The lowest BCUT2D eigenvalue weighted by molar-refractivity contribution is 0.0686. The Morgan fingerprint density at radius 3 is 2.50 bits per heavy atom. The van der Waals surface area contributed by atoms with Gasteiger partial charge in [0.05, 0.1) is 6.54 Å². The van der Waals surface area contributed by atoms with Gasteiger partial charge in [-0.25, -0.2) is 22.0 Å². The molecule has 0 aliphatic carbocycles. The molecule has 0 aliphatic rings. The molecule has 1 heterocycles. The van der Waals surface area contributed by atoms with E-state index in [4.69, 9.17) is 5.11 Å². The van der Waals surface area contributed by atoms with Gasteiger partial charge in [0.25, 0.3) is 6.43 Å². The van der Waals surface area contributed by atoms with Gasteiger partial charge in [-0.3, -0.25) is 0 Å². The number of alkyl halides is 2. The van der Waals surface area contributed by atoms with E-state index < -0.39 is 29.0 Å². The van der Waals surface area contributed by atoms with Gasteiger partial charge >= 0.3 is 5.97 Å². The molecule has 0 aliphatic heterocycles. The fourth-order valence-electron chi connectivity index (χ4n) is 1.36. The first kappa shape index (κ1) is 14.6. The van der Waals surface area contributed by atoms with Gasteiger partial charge < -0.3 is 9.67 Å². The lowest BCUT2D eigenvalue weighted by atomic mass is 10.4. The maximum absolute atomic E-state index is 12.1. The fourth-order valence-corrected chi connectivity index (χ4v) is 2.58. The van der Waals surface area contributed by atoms with E-state index in [1.54, 1.807) is 0 Å². The molecule has 0 radical (unpaired) electrons. The summed E-state index contributed by atoms with van der Waals surface area (Å²) in [7, 11) is -1.73. The number of rotatable bonds is 5. The van der Waals surface area contributed by atoms with Gasteiger partial charge in [0.1, 0.15) is 10.6 Å². The smallest absolute Gasteiger partial charge is 0.352 e. The molecule has 6 nitrogen and oxygen atoms in total. The normalized spacial score (nSPS) is 12.3. The molecular formula is C9H12F2N2O4S. The van der Waals surface area contributed by atoms with Gasteiger partial charge in [0.2, 0.25) is 10.0 Å². The molecule has 102 valence electrons. The highest BCUT2D eigenvalue weighted by Crippen LogP contribution is 2.18. The molecule has 0 atom stereocenters. The first-order valence-corrected chi connectivity index (χ1v) is 6.24. The van der Waals surface area contributed by atoms with Crippen molar-refractivity contribution in [2.24, 2.45) is 7.05 Å². The third-order valence-electron chi connectivity index (χ3n) is 2.30. The molecule has 1 N–H and O–H groups in total. The Labute approximate surface area is 102 Å². The summed E-state index contributed by atoms with van der Waals surface area (Å²) in [5.74, 6) is -1.30. The van der Waals surface area contributed by atoms with Crippen molar-refractivity contribution in [1.29, 1.82) is 0 Å². The Morgan fingerprint density at radius 1 is 1.56 bits per heavy atom. The summed E-state index contributed by atoms with van der Waals surface area (Å²) >= 11 is 0. The zero-order chi connectivity index (χ0) is 14.1. The summed E-state index contributed by atoms with van der Waals surface area (Å²) in [6.07, 6.45) is -1.73. The monoisotopic (exact) mass is 282 g/mol. The lowest BCUT2D eigenvalue weighted by Crippen LogP contribution is -2.31. The minimum absolute atomic E-state index is 0.237. The highest BCUT2D eigenvalue weighted by atomic mass is 32.2. The maximum Gasteiger partial charge on any atom is 0.352 e. The summed E-state index contributed by atoms with van der Waals surface area (Å²) in [5, 5.41) is 8.78. The van der Waals surface area contributed by atoms with Crippen LogP contribution in [0.2, 0.25) is 0 Å². The van der Waals surface area contributed by atoms with Gasteiger partial charge in [-0.15, -0.1) is 0 Å². The summed E-state index contributed by atoms with van der Waals surface area (Å²) < 4.78 is 49.5. The predicted molar refractivity (Wildman–Crippen MR) is 58.2 cm³/mol. The Bertz CT molecular complexity index is 553. The van der Waals surface area contributed by atoms with Crippen molar-refractivity contribution in [3.63, 3.8) is 0 Å². The molecule has 0 bridgehead atoms. The minimum atomic E-state index is -4.10. The summed E-state index contributed by atoms with van der Waals surface area (Å²) in [6, 6.07) is 0.930. The number of aromatic carboxylic acids is 1. The second kappa shape index (κ2) is 5.02. The molecule has 1 rings (SSSR count). The SMILES string of the molecule is CN(CC(F)F)S(=O)(=O)c1cc(C(=O)O)n(C)c1. The molecule has 0 saturated carbocycles. The first-order valence-electron chi connectivity index (χ1n) is 4.80. The number of carboxylic acid groups (broad SMARTS) is 1. The average Bonchev–Trinajstić information content (AvgIpc) is 2.59. The number of halogens is 2. The fraction of sp³-hybridized carbons (Fsp3) is 0.444. The highest BCUT2D eigenvalue weighted by Gasteiger charge is 2.26. The number of aryl methyl sites for hydroxylation is 1. The number of carbonyl (C=O) groups is 1. The minimum Gasteiger partial charge on any atom is -0.477 e. The van der Waals surface area contributed by atoms with Gasteiger partial charge in [0.15, 0.2) is 0 Å². The first-order chi connectivity index (χ1) is 8.16. The van der Waals surface area contributed by atoms with Crippen LogP contribution in [-0.4, -0.2) is 48.4 Å². The molecule has 0 saturated heterocycles. The van der Waals surface area contributed by atoms with Crippen molar-refractivity contribution >= 4 is 16.0 Å². The van der Waals surface area contributed by atoms with Crippen molar-refractivity contribution < 1.29 is 27.1 Å². The van der Waals surface area contributed by atoms with Crippen LogP contribution >= 0.6 is 0 Å². The van der Waals surface area contributed by atoms with Crippen molar-refractivity contribution in [3.05, 3.63) is 18.0 Å². The van der Waals surface area contributed by atoms with Crippen molar-refractivity contribution in [1.82, 2.24) is 8.87 Å². The topological polar surface area (TPSA) is 79.6 Å². The van der Waals surface area contributed by atoms with E-state index in [0.29, 0.717) is 4.31 Å². The van der Waals surface area contributed by atoms with E-state index in [-0.39, 0.29) is 10.6 Å². The van der Waals surface area contributed by atoms with Gasteiger partial charge in [0, 0.05) is 20.3 Å². The van der Waals surface area contributed by atoms with Crippen LogP contribution in [0, 0.1) is 0 Å². The molecule has 1 aromatic heterocycles. The molecule has 18 heavy (non-hydrogen) atoms. The highest BCUT2D eigenvalue weighted by molar-refractivity contribution is 7.89. The third-order valence-corrected chi connectivity index (χ3v) is 4.09. The molecule has 1 aromatic rings. The van der Waals surface area contributed by atoms with Crippen LogP contribution < -0.4 is 0 Å². The van der Waals surface area contributed by atoms with E-state index >= 15 is 0 Å². The van der Waals surface area contributed by atoms with Gasteiger partial charge in [-0.1, -0.05) is 0 Å². The average molecular weight is 282 g/mol. The standard InChI is InChI=1S/C9H12F2N2O4S/c1-12-4-6(3-7(12)9(14)15)18(16,17)13(2)5-8(10)11/h3-4,8H,5H2,1-2H3,(H,14,15). The van der Waals surface area contributed by atoms with Crippen molar-refractivity contribution in [2.45, 2.75) is 11.3 Å². The Morgan fingerprint density at radius 2 is 2.11 bits per heavy atom. The summed E-state index contributed by atoms with van der Waals surface area (Å²) in [6.45, 7) is -0.945. The van der Waals surface area contributed by atoms with Crippen LogP contribution in [-0.2, 0) is 17.1 Å². The molecule has 0 amide bonds. The zero-order valence-electron chi connectivity index (χ0n) is 9.67. The number of hydrogen-bond donors (Lipinski definition) is 1. The predicted octanol–water partition coefficient (Wildman–Crippen LogP) is 0.609. The largest absolute Gasteiger partial charge is 0.477 e. The number of nitrogens with zero attached hydrogens (tertiary/aromatic N) is 2. The summed E-state index contributed by atoms with van der Waals surface area (Å²) in [4.78, 5) is 10.4. The molecule has 0 aromatic carbocycles. The Hall–Kier alpha value is -1.48. The lowest BCUT2D eigenvalue weighted by Gasteiger charge is -2.15. The van der Waals surface area contributed by atoms with E-state index in [9.17, 15) is 22.0 Å². The van der Waals surface area contributed by atoms with E-state index in [0.717, 1.165) is 23.9 Å².